The van der Waals surface area contributed by atoms with Crippen molar-refractivity contribution >= 4 is 23.6 Å². The van der Waals surface area contributed by atoms with Crippen LogP contribution in [0.1, 0.15) is 47.6 Å². The van der Waals surface area contributed by atoms with Gasteiger partial charge in [0.25, 0.3) is 5.91 Å². The van der Waals surface area contributed by atoms with Gasteiger partial charge in [0.2, 0.25) is 5.91 Å². The number of hydrogen-bond donors (Lipinski definition) is 2. The molecular weight excluding hydrogens is 462 g/mol. The molecule has 0 spiro atoms. The van der Waals surface area contributed by atoms with Gasteiger partial charge in [-0.3, -0.25) is 14.5 Å². The van der Waals surface area contributed by atoms with Crippen LogP contribution in [-0.4, -0.2) is 68.6 Å². The number of rotatable bonds is 12. The first-order chi connectivity index (χ1) is 17.1. The van der Waals surface area contributed by atoms with E-state index in [-0.39, 0.29) is 17.9 Å². The van der Waals surface area contributed by atoms with Gasteiger partial charge in [0, 0.05) is 6.54 Å². The topological polar surface area (TPSA) is 79.9 Å². The van der Waals surface area contributed by atoms with Crippen molar-refractivity contribution in [2.45, 2.75) is 37.8 Å². The average Bonchev–Trinajstić information content (AvgIpc) is 2.91. The molecule has 1 heterocycles. The van der Waals surface area contributed by atoms with E-state index in [9.17, 15) is 9.59 Å². The summed E-state index contributed by atoms with van der Waals surface area (Å²) in [5.74, 6) is 1.58. The highest BCUT2D eigenvalue weighted by atomic mass is 32.2. The molecule has 0 unspecified atom stereocenters. The highest BCUT2D eigenvalue weighted by Gasteiger charge is 2.26. The van der Waals surface area contributed by atoms with Crippen molar-refractivity contribution < 1.29 is 19.1 Å². The normalized spacial score (nSPS) is 15.6. The maximum atomic E-state index is 13.3. The van der Waals surface area contributed by atoms with Crippen LogP contribution in [0.5, 0.6) is 11.5 Å². The molecule has 2 N–H and O–H groups in total. The molecule has 190 valence electrons. The first-order valence-corrected chi connectivity index (χ1v) is 13.5. The van der Waals surface area contributed by atoms with Gasteiger partial charge in [-0.1, -0.05) is 30.7 Å². The second kappa shape index (κ2) is 14.0. The number of methoxy groups -OCH3 is 2. The lowest BCUT2D eigenvalue weighted by molar-refractivity contribution is -0.123. The van der Waals surface area contributed by atoms with E-state index in [1.165, 1.54) is 13.5 Å². The predicted molar refractivity (Wildman–Crippen MR) is 141 cm³/mol. The summed E-state index contributed by atoms with van der Waals surface area (Å²) >= 11 is 1.65. The minimum absolute atomic E-state index is 0.0660. The number of para-hydroxylation sites is 1. The van der Waals surface area contributed by atoms with Crippen molar-refractivity contribution in [1.82, 2.24) is 15.5 Å². The van der Waals surface area contributed by atoms with E-state index in [1.807, 2.05) is 24.5 Å². The number of carbonyl (C=O) groups is 2. The van der Waals surface area contributed by atoms with Crippen LogP contribution in [0.2, 0.25) is 0 Å². The van der Waals surface area contributed by atoms with Crippen molar-refractivity contribution in [3.63, 3.8) is 0 Å². The van der Waals surface area contributed by atoms with Gasteiger partial charge in [0.15, 0.2) is 0 Å². The fourth-order valence-corrected chi connectivity index (χ4v) is 4.88. The van der Waals surface area contributed by atoms with Crippen LogP contribution in [0.15, 0.2) is 48.5 Å². The van der Waals surface area contributed by atoms with E-state index >= 15 is 0 Å². The van der Waals surface area contributed by atoms with Crippen molar-refractivity contribution in [2.75, 3.05) is 45.9 Å². The number of likely N-dealkylation sites (tertiary alicyclic amines) is 1. The van der Waals surface area contributed by atoms with Gasteiger partial charge < -0.3 is 20.1 Å². The standard InChI is InChI=1S/C27H37N3O4S/c1-33-21-13-11-20(12-14-21)24(30-16-7-4-8-17-30)19-28-27(32)23(15-18-35-3)29-26(31)22-9-5-6-10-25(22)34-2/h5-6,9-14,23-24H,4,7-8,15-19H2,1-3H3,(H,28,32)(H,29,31)/t23-,24-/m0/s1. The molecule has 1 aliphatic heterocycles. The minimum atomic E-state index is -0.627. The molecule has 2 aromatic carbocycles. The average molecular weight is 500 g/mol. The molecule has 0 bridgehead atoms. The van der Waals surface area contributed by atoms with Crippen LogP contribution in [-0.2, 0) is 4.79 Å². The Bertz CT molecular complexity index is 948. The van der Waals surface area contributed by atoms with Crippen LogP contribution < -0.4 is 20.1 Å². The zero-order valence-electron chi connectivity index (χ0n) is 20.9. The van der Waals surface area contributed by atoms with E-state index in [4.69, 9.17) is 9.47 Å². The van der Waals surface area contributed by atoms with Crippen LogP contribution in [0.3, 0.4) is 0 Å². The number of ether oxygens (including phenoxy) is 2. The van der Waals surface area contributed by atoms with Crippen LogP contribution in [0.4, 0.5) is 0 Å². The van der Waals surface area contributed by atoms with E-state index in [2.05, 4.69) is 27.7 Å². The molecule has 0 saturated carbocycles. The Kier molecular flexibility index (Phi) is 10.8. The van der Waals surface area contributed by atoms with Crippen LogP contribution in [0, 0.1) is 0 Å². The third kappa shape index (κ3) is 7.64. The maximum Gasteiger partial charge on any atom is 0.255 e. The lowest BCUT2D eigenvalue weighted by atomic mass is 10.0. The first-order valence-electron chi connectivity index (χ1n) is 12.2. The molecule has 1 fully saturated rings. The van der Waals surface area contributed by atoms with Gasteiger partial charge in [-0.25, -0.2) is 0 Å². The smallest absolute Gasteiger partial charge is 0.255 e. The number of nitrogens with zero attached hydrogens (tertiary/aromatic N) is 1. The van der Waals surface area contributed by atoms with Gasteiger partial charge >= 0.3 is 0 Å². The molecular formula is C27H37N3O4S. The van der Waals surface area contributed by atoms with Crippen LogP contribution in [0.25, 0.3) is 0 Å². The lowest BCUT2D eigenvalue weighted by Gasteiger charge is -2.35. The molecule has 8 heteroatoms. The SMILES string of the molecule is COc1ccc([C@H](CNC(=O)[C@H](CCSC)NC(=O)c2ccccc2OC)N2CCCCC2)cc1. The molecule has 0 aromatic heterocycles. The Labute approximate surface area is 212 Å². The number of amides is 2. The van der Waals surface area contributed by atoms with Gasteiger partial charge in [-0.15, -0.1) is 0 Å². The Morgan fingerprint density at radius 2 is 1.71 bits per heavy atom. The quantitative estimate of drug-likeness (QED) is 0.461. The molecule has 2 atom stereocenters. The Balaban J connectivity index is 1.71. The molecule has 0 aliphatic carbocycles. The zero-order valence-corrected chi connectivity index (χ0v) is 21.7. The van der Waals surface area contributed by atoms with Gasteiger partial charge in [-0.2, -0.15) is 11.8 Å². The van der Waals surface area contributed by atoms with Crippen molar-refractivity contribution in [3.05, 3.63) is 59.7 Å². The Morgan fingerprint density at radius 1 is 1.00 bits per heavy atom. The van der Waals surface area contributed by atoms with E-state index in [0.29, 0.717) is 24.3 Å². The third-order valence-corrected chi connectivity index (χ3v) is 7.03. The zero-order chi connectivity index (χ0) is 25.0. The molecule has 3 rings (SSSR count). The highest BCUT2D eigenvalue weighted by Crippen LogP contribution is 2.26. The molecule has 7 nitrogen and oxygen atoms in total. The molecule has 35 heavy (non-hydrogen) atoms. The van der Waals surface area contributed by atoms with E-state index < -0.39 is 6.04 Å². The van der Waals surface area contributed by atoms with Crippen molar-refractivity contribution in [1.29, 1.82) is 0 Å². The summed E-state index contributed by atoms with van der Waals surface area (Å²) in [4.78, 5) is 28.7. The summed E-state index contributed by atoms with van der Waals surface area (Å²) < 4.78 is 10.6. The molecule has 1 saturated heterocycles. The number of thioether (sulfide) groups is 1. The largest absolute Gasteiger partial charge is 0.497 e. The third-order valence-electron chi connectivity index (χ3n) is 6.39. The Hall–Kier alpha value is -2.71. The fraction of sp³-hybridized carbons (Fsp3) is 0.481. The number of carbonyl (C=O) groups excluding carboxylic acids is 2. The second-order valence-corrected chi connectivity index (χ2v) is 9.62. The van der Waals surface area contributed by atoms with E-state index in [1.54, 1.807) is 37.1 Å². The lowest BCUT2D eigenvalue weighted by Crippen LogP contribution is -2.49. The summed E-state index contributed by atoms with van der Waals surface area (Å²) in [5, 5.41) is 6.06. The van der Waals surface area contributed by atoms with Gasteiger partial charge in [0.05, 0.1) is 25.8 Å². The molecule has 2 aromatic rings. The highest BCUT2D eigenvalue weighted by molar-refractivity contribution is 7.98. The summed E-state index contributed by atoms with van der Waals surface area (Å²) in [5.41, 5.74) is 1.56. The minimum Gasteiger partial charge on any atom is -0.497 e. The predicted octanol–water partition coefficient (Wildman–Crippen LogP) is 3.90. The van der Waals surface area contributed by atoms with Gasteiger partial charge in [0.1, 0.15) is 17.5 Å². The number of hydrogen-bond acceptors (Lipinski definition) is 6. The summed E-state index contributed by atoms with van der Waals surface area (Å²) in [7, 11) is 3.19. The molecule has 1 aliphatic rings. The monoisotopic (exact) mass is 499 g/mol. The summed E-state index contributed by atoms with van der Waals surface area (Å²) in [6, 6.07) is 14.5. The first kappa shape index (κ1) is 26.9. The fourth-order valence-electron chi connectivity index (χ4n) is 4.41. The maximum absolute atomic E-state index is 13.3. The van der Waals surface area contributed by atoms with Crippen molar-refractivity contribution in [3.8, 4) is 11.5 Å². The van der Waals surface area contributed by atoms with E-state index in [0.717, 1.165) is 43.0 Å². The summed E-state index contributed by atoms with van der Waals surface area (Å²) in [6.45, 7) is 2.49. The summed E-state index contributed by atoms with van der Waals surface area (Å²) in [6.07, 6.45) is 6.10. The second-order valence-electron chi connectivity index (χ2n) is 8.64. The number of piperidine rings is 1. The number of benzene rings is 2. The number of nitrogens with one attached hydrogen (secondary N) is 2. The van der Waals surface area contributed by atoms with Crippen molar-refractivity contribution in [2.24, 2.45) is 0 Å². The molecule has 2 amide bonds. The van der Waals surface area contributed by atoms with Gasteiger partial charge in [-0.05, 0) is 74.2 Å². The Morgan fingerprint density at radius 3 is 2.37 bits per heavy atom. The van der Waals surface area contributed by atoms with Crippen LogP contribution >= 0.6 is 11.8 Å². The molecule has 0 radical (unpaired) electrons.